The largest absolute Gasteiger partial charge is 0.475 e. The van der Waals surface area contributed by atoms with E-state index in [9.17, 15) is 4.57 Å². The van der Waals surface area contributed by atoms with Crippen LogP contribution < -0.4 is 5.90 Å². The Kier molecular flexibility index (Phi) is 8.12. The molecule has 24 heavy (non-hydrogen) atoms. The highest BCUT2D eigenvalue weighted by Gasteiger charge is 2.26. The lowest BCUT2D eigenvalue weighted by atomic mass is 10.2. The second-order valence-electron chi connectivity index (χ2n) is 5.02. The highest BCUT2D eigenvalue weighted by atomic mass is 31.2. The lowest BCUT2D eigenvalue weighted by Gasteiger charge is -2.18. The average Bonchev–Trinajstić information content (AvgIpc) is 2.64. The molecule has 0 fully saturated rings. The van der Waals surface area contributed by atoms with Gasteiger partial charge in [-0.25, -0.2) is 10.5 Å². The normalized spacial score (nSPS) is 11.5. The van der Waals surface area contributed by atoms with Gasteiger partial charge in [-0.15, -0.1) is 0 Å². The minimum absolute atomic E-state index is 0.139. The molecule has 2 aromatic carbocycles. The predicted octanol–water partition coefficient (Wildman–Crippen LogP) is 3.83. The van der Waals surface area contributed by atoms with E-state index in [1.807, 2.05) is 60.7 Å². The first-order chi connectivity index (χ1) is 11.7. The summed E-state index contributed by atoms with van der Waals surface area (Å²) >= 11 is 0. The lowest BCUT2D eigenvalue weighted by Crippen LogP contribution is -2.06. The van der Waals surface area contributed by atoms with Gasteiger partial charge in [0.2, 0.25) is 0 Å². The van der Waals surface area contributed by atoms with E-state index < -0.39 is 7.82 Å². The first kappa shape index (κ1) is 18.8. The molecule has 0 spiro atoms. The number of hydrogen-bond acceptors (Lipinski definition) is 6. The van der Waals surface area contributed by atoms with Gasteiger partial charge in [-0.1, -0.05) is 60.7 Å². The van der Waals surface area contributed by atoms with Crippen LogP contribution in [0.3, 0.4) is 0 Å². The number of nitrogens with two attached hydrogens (primary N) is 1. The Bertz CT molecular complexity index is 576. The van der Waals surface area contributed by atoms with Crippen LogP contribution in [0.15, 0.2) is 60.7 Å². The van der Waals surface area contributed by atoms with Gasteiger partial charge in [-0.3, -0.25) is 13.6 Å². The third-order valence-corrected chi connectivity index (χ3v) is 4.51. The molecule has 0 unspecified atom stereocenters. The fourth-order valence-electron chi connectivity index (χ4n) is 1.89. The first-order valence-corrected chi connectivity index (χ1v) is 9.11. The van der Waals surface area contributed by atoms with Crippen molar-refractivity contribution < 1.29 is 23.0 Å². The Balaban J connectivity index is 1.93. The van der Waals surface area contributed by atoms with E-state index in [2.05, 4.69) is 4.84 Å². The van der Waals surface area contributed by atoms with Gasteiger partial charge in [0.1, 0.15) is 0 Å². The number of rotatable bonds is 11. The van der Waals surface area contributed by atoms with Crippen LogP contribution in [0.1, 0.15) is 17.5 Å². The fraction of sp³-hybridized carbons (Fsp3) is 0.294. The number of hydrogen-bond donors (Lipinski definition) is 1. The molecule has 7 heteroatoms. The zero-order valence-electron chi connectivity index (χ0n) is 13.4. The smallest absolute Gasteiger partial charge is 0.305 e. The molecular weight excluding hydrogens is 329 g/mol. The van der Waals surface area contributed by atoms with Crippen molar-refractivity contribution in [2.24, 2.45) is 5.90 Å². The summed E-state index contributed by atoms with van der Waals surface area (Å²) in [5.74, 6) is 4.96. The predicted molar refractivity (Wildman–Crippen MR) is 90.8 cm³/mol. The van der Waals surface area contributed by atoms with Crippen LogP contribution >= 0.6 is 7.82 Å². The molecule has 0 saturated heterocycles. The molecule has 0 bridgehead atoms. The van der Waals surface area contributed by atoms with Crippen molar-refractivity contribution in [1.29, 1.82) is 0 Å². The van der Waals surface area contributed by atoms with Gasteiger partial charge in [0.05, 0.1) is 26.4 Å². The summed E-state index contributed by atoms with van der Waals surface area (Å²) in [6.07, 6.45) is 0.490. The quantitative estimate of drug-likeness (QED) is 0.377. The highest BCUT2D eigenvalue weighted by Crippen LogP contribution is 2.51. The topological polar surface area (TPSA) is 80.0 Å². The van der Waals surface area contributed by atoms with Crippen LogP contribution in [0.2, 0.25) is 0 Å². The minimum atomic E-state index is -3.69. The Hall–Kier alpha value is -1.53. The van der Waals surface area contributed by atoms with Gasteiger partial charge < -0.3 is 4.84 Å². The molecule has 2 aromatic rings. The molecule has 2 rings (SSSR count). The molecule has 0 heterocycles. The molecule has 0 aromatic heterocycles. The van der Waals surface area contributed by atoms with E-state index in [1.54, 1.807) is 0 Å². The number of phosphoric ester groups is 1. The van der Waals surface area contributed by atoms with Crippen molar-refractivity contribution in [3.8, 4) is 0 Å². The first-order valence-electron chi connectivity index (χ1n) is 7.65. The summed E-state index contributed by atoms with van der Waals surface area (Å²) in [5.41, 5.74) is 1.77. The van der Waals surface area contributed by atoms with Gasteiger partial charge in [-0.2, -0.15) is 0 Å². The Morgan fingerprint density at radius 1 is 0.750 bits per heavy atom. The van der Waals surface area contributed by atoms with Crippen LogP contribution in [-0.2, 0) is 36.2 Å². The molecule has 0 saturated carbocycles. The molecule has 0 radical (unpaired) electrons. The lowest BCUT2D eigenvalue weighted by molar-refractivity contribution is 0.0837. The summed E-state index contributed by atoms with van der Waals surface area (Å²) in [6.45, 7) is 0.746. The van der Waals surface area contributed by atoms with E-state index in [-0.39, 0.29) is 19.8 Å². The van der Waals surface area contributed by atoms with Gasteiger partial charge in [0.15, 0.2) is 0 Å². The summed E-state index contributed by atoms with van der Waals surface area (Å²) < 4.78 is 29.0. The average molecular weight is 351 g/mol. The van der Waals surface area contributed by atoms with Gasteiger partial charge in [0, 0.05) is 0 Å². The van der Waals surface area contributed by atoms with E-state index in [4.69, 9.17) is 19.5 Å². The number of benzene rings is 2. The monoisotopic (exact) mass is 351 g/mol. The SMILES string of the molecule is NOCCCOP(=O)(OCc1ccccc1)OCc1ccccc1. The molecule has 0 atom stereocenters. The Morgan fingerprint density at radius 2 is 1.25 bits per heavy atom. The molecular formula is C17H22NO5P. The van der Waals surface area contributed by atoms with Crippen LogP contribution in [0.25, 0.3) is 0 Å². The number of phosphoric acid groups is 1. The van der Waals surface area contributed by atoms with Crippen LogP contribution in [-0.4, -0.2) is 13.2 Å². The molecule has 0 aliphatic carbocycles. The summed E-state index contributed by atoms with van der Waals surface area (Å²) in [6, 6.07) is 18.8. The van der Waals surface area contributed by atoms with Crippen molar-refractivity contribution >= 4 is 7.82 Å². The molecule has 130 valence electrons. The van der Waals surface area contributed by atoms with E-state index in [0.29, 0.717) is 13.0 Å². The maximum absolute atomic E-state index is 12.8. The van der Waals surface area contributed by atoms with Gasteiger partial charge in [0.25, 0.3) is 0 Å². The molecule has 0 aliphatic heterocycles. The van der Waals surface area contributed by atoms with Crippen LogP contribution in [0.5, 0.6) is 0 Å². The summed E-state index contributed by atoms with van der Waals surface area (Å²) in [7, 11) is -3.69. The third kappa shape index (κ3) is 6.93. The standard InChI is InChI=1S/C17H22NO5P/c18-20-12-7-13-21-24(19,22-14-16-8-3-1-4-9-16)23-15-17-10-5-2-6-11-17/h1-6,8-11H,7,12-15,18H2. The third-order valence-electron chi connectivity index (χ3n) is 3.12. The Morgan fingerprint density at radius 3 is 1.71 bits per heavy atom. The van der Waals surface area contributed by atoms with Gasteiger partial charge >= 0.3 is 7.82 Å². The van der Waals surface area contributed by atoms with Crippen molar-refractivity contribution in [3.63, 3.8) is 0 Å². The molecule has 0 amide bonds. The maximum atomic E-state index is 12.8. The Labute approximate surface area is 142 Å². The molecule has 6 nitrogen and oxygen atoms in total. The van der Waals surface area contributed by atoms with Crippen molar-refractivity contribution in [1.82, 2.24) is 0 Å². The van der Waals surface area contributed by atoms with E-state index in [1.165, 1.54) is 0 Å². The summed E-state index contributed by atoms with van der Waals surface area (Å²) in [5, 5.41) is 0. The van der Waals surface area contributed by atoms with Crippen LogP contribution in [0, 0.1) is 0 Å². The van der Waals surface area contributed by atoms with Crippen molar-refractivity contribution in [2.45, 2.75) is 19.6 Å². The molecule has 2 N–H and O–H groups in total. The van der Waals surface area contributed by atoms with Crippen molar-refractivity contribution in [3.05, 3.63) is 71.8 Å². The van der Waals surface area contributed by atoms with Gasteiger partial charge in [-0.05, 0) is 17.5 Å². The molecule has 0 aliphatic rings. The van der Waals surface area contributed by atoms with E-state index >= 15 is 0 Å². The second kappa shape index (κ2) is 10.4. The maximum Gasteiger partial charge on any atom is 0.475 e. The highest BCUT2D eigenvalue weighted by molar-refractivity contribution is 7.48. The zero-order chi connectivity index (χ0) is 17.1. The van der Waals surface area contributed by atoms with Crippen molar-refractivity contribution in [2.75, 3.05) is 13.2 Å². The fourth-order valence-corrected chi connectivity index (χ4v) is 3.08. The zero-order valence-corrected chi connectivity index (χ0v) is 14.3. The van der Waals surface area contributed by atoms with Crippen LogP contribution in [0.4, 0.5) is 0 Å². The summed E-state index contributed by atoms with van der Waals surface area (Å²) in [4.78, 5) is 4.46. The van der Waals surface area contributed by atoms with E-state index in [0.717, 1.165) is 11.1 Å². The minimum Gasteiger partial charge on any atom is -0.305 e. The second-order valence-corrected chi connectivity index (χ2v) is 6.69.